The molecule has 1 aliphatic heterocycles. The van der Waals surface area contributed by atoms with Crippen LogP contribution in [0.2, 0.25) is 0 Å². The number of nitrogens with zero attached hydrogens (tertiary/aromatic N) is 2. The van der Waals surface area contributed by atoms with E-state index in [0.717, 1.165) is 55.6 Å². The fourth-order valence-corrected chi connectivity index (χ4v) is 4.96. The lowest BCUT2D eigenvalue weighted by atomic mass is 10.0. The fourth-order valence-electron chi connectivity index (χ4n) is 4.96. The van der Waals surface area contributed by atoms with Gasteiger partial charge in [0.1, 0.15) is 5.75 Å². The summed E-state index contributed by atoms with van der Waals surface area (Å²) in [4.78, 5) is 19.1. The van der Waals surface area contributed by atoms with Crippen LogP contribution >= 0.6 is 0 Å². The first kappa shape index (κ1) is 25.7. The lowest BCUT2D eigenvalue weighted by Gasteiger charge is -2.35. The van der Waals surface area contributed by atoms with Crippen LogP contribution in [-0.4, -0.2) is 49.7 Å². The minimum Gasteiger partial charge on any atom is -0.496 e. The zero-order chi connectivity index (χ0) is 25.2. The summed E-state index contributed by atoms with van der Waals surface area (Å²) in [6, 6.07) is 21.5. The third-order valence-corrected chi connectivity index (χ3v) is 6.86. The van der Waals surface area contributed by atoms with E-state index in [4.69, 9.17) is 4.74 Å². The van der Waals surface area contributed by atoms with E-state index < -0.39 is 0 Å². The lowest BCUT2D eigenvalue weighted by Crippen LogP contribution is -2.46. The largest absolute Gasteiger partial charge is 0.496 e. The average molecular weight is 487 g/mol. The van der Waals surface area contributed by atoms with E-state index in [-0.39, 0.29) is 5.91 Å². The molecular weight excluding hydrogens is 448 g/mol. The second-order valence-corrected chi connectivity index (χ2v) is 9.65. The van der Waals surface area contributed by atoms with Crippen LogP contribution in [0.1, 0.15) is 36.5 Å². The maximum absolute atomic E-state index is 12.4. The zero-order valence-corrected chi connectivity index (χ0v) is 21.5. The first-order valence-electron chi connectivity index (χ1n) is 13.0. The van der Waals surface area contributed by atoms with Crippen LogP contribution in [0.15, 0.2) is 73.1 Å². The van der Waals surface area contributed by atoms with Gasteiger partial charge < -0.3 is 20.3 Å². The monoisotopic (exact) mass is 486 g/mol. The van der Waals surface area contributed by atoms with Gasteiger partial charge in [0.05, 0.1) is 13.5 Å². The fraction of sp³-hybridized carbons (Fsp3) is 0.400. The highest BCUT2D eigenvalue weighted by molar-refractivity contribution is 5.78. The number of hydrogen-bond acceptors (Lipinski definition) is 5. The first-order valence-corrected chi connectivity index (χ1v) is 13.0. The molecule has 1 aliphatic rings. The maximum Gasteiger partial charge on any atom is 0.224 e. The molecule has 36 heavy (non-hydrogen) atoms. The Morgan fingerprint density at radius 2 is 1.83 bits per heavy atom. The molecule has 0 aliphatic carbocycles. The minimum atomic E-state index is 0.0462. The highest BCUT2D eigenvalue weighted by Gasteiger charge is 2.21. The van der Waals surface area contributed by atoms with Crippen LogP contribution in [0.4, 0.5) is 5.69 Å². The SMILES string of the molecule is COc1ccccc1CCNC(=O)Cc1ccc(N2CCC(NC(C)Cc3cccnc3)CC2)cc1. The predicted molar refractivity (Wildman–Crippen MR) is 146 cm³/mol. The van der Waals surface area contributed by atoms with Crippen LogP contribution in [0.3, 0.4) is 0 Å². The van der Waals surface area contributed by atoms with E-state index in [1.54, 1.807) is 7.11 Å². The predicted octanol–water partition coefficient (Wildman–Crippen LogP) is 4.18. The molecule has 2 N–H and O–H groups in total. The van der Waals surface area contributed by atoms with Gasteiger partial charge in [-0.3, -0.25) is 9.78 Å². The number of rotatable bonds is 11. The highest BCUT2D eigenvalue weighted by Crippen LogP contribution is 2.21. The van der Waals surface area contributed by atoms with Gasteiger partial charge in [-0.15, -0.1) is 0 Å². The average Bonchev–Trinajstić information content (AvgIpc) is 2.90. The van der Waals surface area contributed by atoms with Gasteiger partial charge in [0.25, 0.3) is 0 Å². The number of ether oxygens (including phenoxy) is 1. The molecule has 2 heterocycles. The number of pyridine rings is 1. The Balaban J connectivity index is 1.17. The van der Waals surface area contributed by atoms with E-state index in [9.17, 15) is 4.79 Å². The van der Waals surface area contributed by atoms with Crippen LogP contribution in [-0.2, 0) is 24.1 Å². The summed E-state index contributed by atoms with van der Waals surface area (Å²) in [7, 11) is 1.67. The number of hydrogen-bond donors (Lipinski definition) is 2. The third-order valence-electron chi connectivity index (χ3n) is 6.86. The standard InChI is InChI=1S/C30H38N4O2/c1-23(20-25-6-5-16-31-22-25)33-27-14-18-34(19-15-27)28-11-9-24(10-12-28)21-30(35)32-17-13-26-7-3-4-8-29(26)36-2/h3-12,16,22-23,27,33H,13-15,17-21H2,1-2H3,(H,32,35). The number of carbonyl (C=O) groups is 1. The summed E-state index contributed by atoms with van der Waals surface area (Å²) in [5, 5.41) is 6.83. The van der Waals surface area contributed by atoms with Crippen molar-refractivity contribution in [2.45, 2.75) is 51.1 Å². The van der Waals surface area contributed by atoms with Crippen molar-refractivity contribution in [1.29, 1.82) is 0 Å². The van der Waals surface area contributed by atoms with Crippen molar-refractivity contribution in [3.63, 3.8) is 0 Å². The Morgan fingerprint density at radius 3 is 2.56 bits per heavy atom. The summed E-state index contributed by atoms with van der Waals surface area (Å²) < 4.78 is 5.38. The molecule has 190 valence electrons. The molecule has 0 saturated carbocycles. The number of aromatic nitrogens is 1. The van der Waals surface area contributed by atoms with E-state index in [0.29, 0.717) is 25.0 Å². The molecule has 3 aromatic rings. The van der Waals surface area contributed by atoms with E-state index >= 15 is 0 Å². The van der Waals surface area contributed by atoms with E-state index in [1.165, 1.54) is 11.3 Å². The van der Waals surface area contributed by atoms with Crippen LogP contribution in [0.5, 0.6) is 5.75 Å². The summed E-state index contributed by atoms with van der Waals surface area (Å²) in [5.74, 6) is 0.909. The molecule has 0 bridgehead atoms. The molecule has 6 nitrogen and oxygen atoms in total. The summed E-state index contributed by atoms with van der Waals surface area (Å²) in [6.45, 7) is 4.94. The quantitative estimate of drug-likeness (QED) is 0.426. The first-order chi connectivity index (χ1) is 17.6. The Bertz CT molecular complexity index is 1080. The number of amides is 1. The van der Waals surface area contributed by atoms with Gasteiger partial charge in [0, 0.05) is 49.8 Å². The number of piperidine rings is 1. The number of anilines is 1. The molecule has 1 unspecified atom stereocenters. The molecule has 6 heteroatoms. The van der Waals surface area contributed by atoms with Gasteiger partial charge in [-0.2, -0.15) is 0 Å². The van der Waals surface area contributed by atoms with Gasteiger partial charge in [-0.1, -0.05) is 36.4 Å². The maximum atomic E-state index is 12.4. The van der Waals surface area contributed by atoms with Gasteiger partial charge in [0.2, 0.25) is 5.91 Å². The number of benzene rings is 2. The third kappa shape index (κ3) is 7.56. The summed E-state index contributed by atoms with van der Waals surface area (Å²) in [6.07, 6.45) is 8.19. The Morgan fingerprint density at radius 1 is 1.06 bits per heavy atom. The molecule has 1 amide bonds. The number of methoxy groups -OCH3 is 1. The van der Waals surface area contributed by atoms with Crippen molar-refractivity contribution in [3.8, 4) is 5.75 Å². The van der Waals surface area contributed by atoms with Gasteiger partial charge in [-0.25, -0.2) is 0 Å². The molecule has 2 aromatic carbocycles. The molecule has 1 aromatic heterocycles. The molecule has 0 radical (unpaired) electrons. The highest BCUT2D eigenvalue weighted by atomic mass is 16.5. The normalized spacial score (nSPS) is 14.9. The van der Waals surface area contributed by atoms with Crippen molar-refractivity contribution in [3.05, 3.63) is 89.7 Å². The van der Waals surface area contributed by atoms with Gasteiger partial charge >= 0.3 is 0 Å². The van der Waals surface area contributed by atoms with Gasteiger partial charge in [-0.05, 0) is 73.6 Å². The van der Waals surface area contributed by atoms with Crippen molar-refractivity contribution < 1.29 is 9.53 Å². The zero-order valence-electron chi connectivity index (χ0n) is 21.5. The van der Waals surface area contributed by atoms with Crippen molar-refractivity contribution in [2.24, 2.45) is 0 Å². The van der Waals surface area contributed by atoms with Crippen LogP contribution < -0.4 is 20.3 Å². The van der Waals surface area contributed by atoms with E-state index in [1.807, 2.05) is 42.7 Å². The Kier molecular flexibility index (Phi) is 9.33. The summed E-state index contributed by atoms with van der Waals surface area (Å²) in [5.41, 5.74) is 4.65. The number of para-hydroxylation sites is 1. The molecule has 4 rings (SSSR count). The Labute approximate surface area is 215 Å². The lowest BCUT2D eigenvalue weighted by molar-refractivity contribution is -0.120. The molecule has 1 saturated heterocycles. The molecule has 0 spiro atoms. The Hall–Kier alpha value is -3.38. The van der Waals surface area contributed by atoms with Crippen molar-refractivity contribution in [2.75, 3.05) is 31.6 Å². The molecule has 1 fully saturated rings. The van der Waals surface area contributed by atoms with Crippen molar-refractivity contribution >= 4 is 11.6 Å². The van der Waals surface area contributed by atoms with E-state index in [2.05, 4.69) is 57.8 Å². The smallest absolute Gasteiger partial charge is 0.224 e. The minimum absolute atomic E-state index is 0.0462. The van der Waals surface area contributed by atoms with Crippen LogP contribution in [0, 0.1) is 0 Å². The van der Waals surface area contributed by atoms with Crippen molar-refractivity contribution in [1.82, 2.24) is 15.6 Å². The molecule has 1 atom stereocenters. The molecular formula is C30H38N4O2. The number of carbonyl (C=O) groups excluding carboxylic acids is 1. The van der Waals surface area contributed by atoms with Gasteiger partial charge in [0.15, 0.2) is 0 Å². The summed E-state index contributed by atoms with van der Waals surface area (Å²) >= 11 is 0. The number of nitrogens with one attached hydrogen (secondary N) is 2. The second kappa shape index (κ2) is 13.1. The van der Waals surface area contributed by atoms with Crippen LogP contribution in [0.25, 0.3) is 0 Å². The topological polar surface area (TPSA) is 66.5 Å². The second-order valence-electron chi connectivity index (χ2n) is 9.65.